The molecule has 0 aromatic rings. The molecule has 0 aromatic carbocycles. The molecule has 12 heteroatoms. The first kappa shape index (κ1) is 13.2. The Labute approximate surface area is 110 Å². The Bertz CT molecular complexity index is 377. The average molecular weight is 320 g/mol. The molecule has 0 amide bonds. The summed E-state index contributed by atoms with van der Waals surface area (Å²) >= 11 is -5.67. The van der Waals surface area contributed by atoms with Crippen LogP contribution in [-0.4, -0.2) is 50.3 Å². The van der Waals surface area contributed by atoms with E-state index in [1.165, 1.54) is 0 Å². The zero-order valence-corrected chi connectivity index (χ0v) is 11.1. The molecule has 0 saturated carbocycles. The van der Waals surface area contributed by atoms with Crippen molar-refractivity contribution in [3.8, 4) is 0 Å². The minimum atomic E-state index is -1.97. The van der Waals surface area contributed by atoms with Crippen molar-refractivity contribution in [2.45, 2.75) is 24.4 Å². The van der Waals surface area contributed by atoms with Gasteiger partial charge in [0.05, 0.1) is 13.2 Å². The quantitative estimate of drug-likeness (QED) is 0.590. The fourth-order valence-corrected chi connectivity index (χ4v) is 3.93. The molecule has 0 N–H and O–H groups in total. The highest BCUT2D eigenvalue weighted by Gasteiger charge is 2.51. The number of hydrogen-bond donors (Lipinski definition) is 0. The maximum absolute atomic E-state index is 11.3. The predicted octanol–water partition coefficient (Wildman–Crippen LogP) is -1.66. The van der Waals surface area contributed by atoms with Gasteiger partial charge in [-0.2, -0.15) is 12.6 Å². The summed E-state index contributed by atoms with van der Waals surface area (Å²) < 4.78 is 62.6. The summed E-state index contributed by atoms with van der Waals surface area (Å²) in [7, 11) is 0. The molecule has 6 atom stereocenters. The molecule has 3 aliphatic heterocycles. The summed E-state index contributed by atoms with van der Waals surface area (Å²) in [5.74, 6) is 0. The molecule has 0 aromatic heterocycles. The van der Waals surface area contributed by atoms with Gasteiger partial charge in [0.15, 0.2) is 0 Å². The Morgan fingerprint density at radius 1 is 0.667 bits per heavy atom. The van der Waals surface area contributed by atoms with Gasteiger partial charge in [-0.25, -0.2) is 0 Å². The van der Waals surface area contributed by atoms with Crippen LogP contribution in [0, 0.1) is 0 Å². The molecular formula is C6H8O9S3. The Hall–Kier alpha value is 0.210. The fourth-order valence-electron chi connectivity index (χ4n) is 1.72. The van der Waals surface area contributed by atoms with E-state index in [1.54, 1.807) is 0 Å². The van der Waals surface area contributed by atoms with Gasteiger partial charge in [-0.3, -0.25) is 25.1 Å². The normalized spacial score (nSPS) is 53.0. The first-order valence-electron chi connectivity index (χ1n) is 4.84. The number of rotatable bonds is 2. The largest absolute Gasteiger partial charge is 0.305 e. The topological polar surface area (TPSA) is 107 Å². The van der Waals surface area contributed by atoms with E-state index in [1.807, 2.05) is 0 Å². The lowest BCUT2D eigenvalue weighted by Gasteiger charge is -2.20. The van der Waals surface area contributed by atoms with Gasteiger partial charge >= 0.3 is 34.1 Å². The summed E-state index contributed by atoms with van der Waals surface area (Å²) in [6.07, 6.45) is -2.97. The van der Waals surface area contributed by atoms with E-state index >= 15 is 0 Å². The summed E-state index contributed by atoms with van der Waals surface area (Å²) in [6, 6.07) is 0. The van der Waals surface area contributed by atoms with E-state index in [4.69, 9.17) is 25.1 Å². The van der Waals surface area contributed by atoms with Gasteiger partial charge in [0.1, 0.15) is 24.4 Å². The summed E-state index contributed by atoms with van der Waals surface area (Å²) in [6.45, 7) is 0.0377. The van der Waals surface area contributed by atoms with Crippen LogP contribution >= 0.6 is 0 Å². The lowest BCUT2D eigenvalue weighted by atomic mass is 10.0. The predicted molar refractivity (Wildman–Crippen MR) is 55.8 cm³/mol. The van der Waals surface area contributed by atoms with Gasteiger partial charge in [-0.1, -0.05) is 0 Å². The minimum absolute atomic E-state index is 0.0189. The van der Waals surface area contributed by atoms with Crippen LogP contribution in [0.3, 0.4) is 0 Å². The molecule has 3 rings (SSSR count). The molecular weight excluding hydrogens is 312 g/mol. The van der Waals surface area contributed by atoms with E-state index < -0.39 is 58.5 Å². The highest BCUT2D eigenvalue weighted by atomic mass is 32.2. The SMILES string of the molecule is O=S1O[C@H]([C@H]2COS(=O)O2)[C@@H]([C@H]2COS(=O)O2)O1. The van der Waals surface area contributed by atoms with Crippen molar-refractivity contribution in [2.75, 3.05) is 13.2 Å². The molecule has 18 heavy (non-hydrogen) atoms. The summed E-state index contributed by atoms with van der Waals surface area (Å²) in [5.41, 5.74) is 0. The molecule has 3 saturated heterocycles. The standard InChI is InChI=1S/C6H8O9S3/c7-16-10-1-3(12-16)5-6(15-18(9)14-5)4-2-11-17(8)13-4/h3-6H,1-2H2/t3-,4-,5-,6-,16?,17?,18?/m1/s1. The van der Waals surface area contributed by atoms with E-state index in [0.717, 1.165) is 0 Å². The van der Waals surface area contributed by atoms with E-state index in [-0.39, 0.29) is 13.2 Å². The Kier molecular flexibility index (Phi) is 3.89. The minimum Gasteiger partial charge on any atom is -0.266 e. The zero-order chi connectivity index (χ0) is 12.7. The van der Waals surface area contributed by atoms with Crippen LogP contribution in [0.5, 0.6) is 0 Å². The van der Waals surface area contributed by atoms with E-state index in [0.29, 0.717) is 0 Å². The molecule has 3 fully saturated rings. The molecule has 0 spiro atoms. The lowest BCUT2D eigenvalue weighted by Crippen LogP contribution is -2.44. The van der Waals surface area contributed by atoms with Crippen LogP contribution < -0.4 is 0 Å². The third kappa shape index (κ3) is 2.57. The molecule has 2 unspecified atom stereocenters. The monoisotopic (exact) mass is 320 g/mol. The van der Waals surface area contributed by atoms with Gasteiger partial charge in [-0.15, -0.1) is 0 Å². The van der Waals surface area contributed by atoms with Crippen LogP contribution in [-0.2, 0) is 59.2 Å². The maximum Gasteiger partial charge on any atom is 0.305 e. The van der Waals surface area contributed by atoms with Gasteiger partial charge < -0.3 is 0 Å². The van der Waals surface area contributed by atoms with Crippen molar-refractivity contribution in [2.24, 2.45) is 0 Å². The van der Waals surface area contributed by atoms with Crippen LogP contribution in [0.15, 0.2) is 0 Å². The van der Waals surface area contributed by atoms with Gasteiger partial charge in [0.2, 0.25) is 0 Å². The van der Waals surface area contributed by atoms with Crippen molar-refractivity contribution in [3.05, 3.63) is 0 Å². The van der Waals surface area contributed by atoms with Crippen molar-refractivity contribution in [3.63, 3.8) is 0 Å². The Morgan fingerprint density at radius 2 is 1.11 bits per heavy atom. The second kappa shape index (κ2) is 5.30. The maximum atomic E-state index is 11.3. The average Bonchev–Trinajstić information content (AvgIpc) is 2.98. The molecule has 3 heterocycles. The van der Waals surface area contributed by atoms with Gasteiger partial charge in [0.25, 0.3) is 0 Å². The first-order valence-corrected chi connectivity index (χ1v) is 7.84. The summed E-state index contributed by atoms with van der Waals surface area (Å²) in [5, 5.41) is 0. The van der Waals surface area contributed by atoms with E-state index in [9.17, 15) is 12.6 Å². The highest BCUT2D eigenvalue weighted by Crippen LogP contribution is 2.31. The molecule has 0 radical (unpaired) electrons. The number of hydrogen-bond acceptors (Lipinski definition) is 9. The Morgan fingerprint density at radius 3 is 1.44 bits per heavy atom. The van der Waals surface area contributed by atoms with E-state index in [2.05, 4.69) is 0 Å². The van der Waals surface area contributed by atoms with Crippen molar-refractivity contribution in [1.29, 1.82) is 0 Å². The van der Waals surface area contributed by atoms with Crippen LogP contribution in [0.4, 0.5) is 0 Å². The first-order chi connectivity index (χ1) is 8.63. The van der Waals surface area contributed by atoms with Crippen LogP contribution in [0.2, 0.25) is 0 Å². The smallest absolute Gasteiger partial charge is 0.266 e. The lowest BCUT2D eigenvalue weighted by molar-refractivity contribution is -0.00131. The summed E-state index contributed by atoms with van der Waals surface area (Å²) in [4.78, 5) is 0. The second-order valence-electron chi connectivity index (χ2n) is 3.57. The van der Waals surface area contributed by atoms with Crippen molar-refractivity contribution >= 4 is 34.1 Å². The molecule has 0 aliphatic carbocycles. The molecule has 0 bridgehead atoms. The molecule has 3 aliphatic rings. The van der Waals surface area contributed by atoms with Crippen molar-refractivity contribution < 1.29 is 37.7 Å². The second-order valence-corrected chi connectivity index (χ2v) is 6.04. The fraction of sp³-hybridized carbons (Fsp3) is 1.00. The molecule has 9 nitrogen and oxygen atoms in total. The highest BCUT2D eigenvalue weighted by molar-refractivity contribution is 7.76. The van der Waals surface area contributed by atoms with Crippen LogP contribution in [0.1, 0.15) is 0 Å². The van der Waals surface area contributed by atoms with Crippen LogP contribution in [0.25, 0.3) is 0 Å². The zero-order valence-electron chi connectivity index (χ0n) is 8.62. The third-order valence-electron chi connectivity index (χ3n) is 2.50. The third-order valence-corrected chi connectivity index (χ3v) is 4.72. The Balaban J connectivity index is 1.73. The van der Waals surface area contributed by atoms with Crippen molar-refractivity contribution in [1.82, 2.24) is 0 Å². The molecule has 104 valence electrons. The van der Waals surface area contributed by atoms with Gasteiger partial charge in [-0.05, 0) is 0 Å². The van der Waals surface area contributed by atoms with Gasteiger partial charge in [0, 0.05) is 0 Å².